The molecule has 1 aromatic heterocycles. The number of nitrogens with zero attached hydrogens (tertiary/aromatic N) is 2. The highest BCUT2D eigenvalue weighted by molar-refractivity contribution is 7.22. The summed E-state index contributed by atoms with van der Waals surface area (Å²) in [7, 11) is 0. The van der Waals surface area contributed by atoms with Gasteiger partial charge < -0.3 is 4.74 Å². The Labute approximate surface area is 160 Å². The molecule has 0 aliphatic heterocycles. The van der Waals surface area contributed by atoms with E-state index in [0.29, 0.717) is 6.61 Å². The van der Waals surface area contributed by atoms with Crippen LogP contribution in [0.15, 0.2) is 77.9 Å². The zero-order valence-electron chi connectivity index (χ0n) is 14.3. The van der Waals surface area contributed by atoms with Crippen molar-refractivity contribution >= 4 is 32.9 Å². The molecule has 6 heteroatoms. The first-order chi connectivity index (χ1) is 13.3. The van der Waals surface area contributed by atoms with Crippen LogP contribution in [0.1, 0.15) is 11.1 Å². The van der Waals surface area contributed by atoms with Gasteiger partial charge in [-0.3, -0.25) is 5.43 Å². The van der Waals surface area contributed by atoms with Gasteiger partial charge in [-0.1, -0.05) is 35.6 Å². The number of fused-ring (bicyclic) bond motifs is 1. The van der Waals surface area contributed by atoms with Crippen LogP contribution in [0.5, 0.6) is 5.75 Å². The maximum Gasteiger partial charge on any atom is 0.204 e. The van der Waals surface area contributed by atoms with Crippen LogP contribution >= 0.6 is 11.3 Å². The molecule has 134 valence electrons. The van der Waals surface area contributed by atoms with Crippen molar-refractivity contribution in [3.63, 3.8) is 0 Å². The highest BCUT2D eigenvalue weighted by Crippen LogP contribution is 2.25. The zero-order valence-corrected chi connectivity index (χ0v) is 15.1. The topological polar surface area (TPSA) is 46.5 Å². The van der Waals surface area contributed by atoms with E-state index in [2.05, 4.69) is 15.5 Å². The number of hydrogen-bond acceptors (Lipinski definition) is 5. The lowest BCUT2D eigenvalue weighted by Crippen LogP contribution is -1.96. The molecule has 3 aromatic carbocycles. The summed E-state index contributed by atoms with van der Waals surface area (Å²) in [5.41, 5.74) is 5.79. The number of halogens is 1. The number of hydrazone groups is 1. The molecule has 0 bridgehead atoms. The van der Waals surface area contributed by atoms with Gasteiger partial charge in [0.25, 0.3) is 0 Å². The quantitative estimate of drug-likeness (QED) is 0.358. The van der Waals surface area contributed by atoms with Crippen molar-refractivity contribution < 1.29 is 9.13 Å². The Hall–Kier alpha value is -3.25. The first-order valence-corrected chi connectivity index (χ1v) is 9.20. The summed E-state index contributed by atoms with van der Waals surface area (Å²) >= 11 is 1.56. The van der Waals surface area contributed by atoms with Crippen molar-refractivity contribution in [1.29, 1.82) is 0 Å². The maximum atomic E-state index is 12.9. The first-order valence-electron chi connectivity index (χ1n) is 8.38. The molecule has 0 saturated heterocycles. The van der Waals surface area contributed by atoms with Crippen LogP contribution in [0.2, 0.25) is 0 Å². The van der Waals surface area contributed by atoms with Gasteiger partial charge in [-0.05, 0) is 59.7 Å². The summed E-state index contributed by atoms with van der Waals surface area (Å²) < 4.78 is 19.7. The predicted octanol–water partition coefficient (Wildman–Crippen LogP) is 5.46. The largest absolute Gasteiger partial charge is 0.489 e. The monoisotopic (exact) mass is 377 g/mol. The molecule has 0 spiro atoms. The molecule has 4 rings (SSSR count). The van der Waals surface area contributed by atoms with Gasteiger partial charge in [0.15, 0.2) is 0 Å². The van der Waals surface area contributed by atoms with E-state index in [4.69, 9.17) is 4.74 Å². The molecule has 1 heterocycles. The second-order valence-corrected chi connectivity index (χ2v) is 6.87. The average Bonchev–Trinajstić information content (AvgIpc) is 3.11. The number of ether oxygens (including phenoxy) is 1. The predicted molar refractivity (Wildman–Crippen MR) is 108 cm³/mol. The summed E-state index contributed by atoms with van der Waals surface area (Å²) in [6.45, 7) is 0.396. The number of benzene rings is 3. The number of anilines is 1. The van der Waals surface area contributed by atoms with Crippen molar-refractivity contribution in [2.75, 3.05) is 5.43 Å². The fourth-order valence-corrected chi connectivity index (χ4v) is 3.29. The molecule has 4 nitrogen and oxygen atoms in total. The number of para-hydroxylation sites is 1. The number of hydrogen-bond donors (Lipinski definition) is 1. The van der Waals surface area contributed by atoms with Crippen LogP contribution in [-0.4, -0.2) is 11.2 Å². The molecule has 0 fully saturated rings. The van der Waals surface area contributed by atoms with Crippen molar-refractivity contribution in [3.05, 3.63) is 89.7 Å². The van der Waals surface area contributed by atoms with E-state index < -0.39 is 0 Å². The third-order valence-corrected chi connectivity index (χ3v) is 4.81. The second-order valence-electron chi connectivity index (χ2n) is 5.84. The third kappa shape index (κ3) is 4.48. The van der Waals surface area contributed by atoms with Crippen LogP contribution in [0.3, 0.4) is 0 Å². The van der Waals surface area contributed by atoms with E-state index in [-0.39, 0.29) is 5.82 Å². The Bertz CT molecular complexity index is 1030. The molecule has 0 aliphatic carbocycles. The number of thiazole rings is 1. The Kier molecular flexibility index (Phi) is 5.07. The minimum atomic E-state index is -0.248. The van der Waals surface area contributed by atoms with Crippen molar-refractivity contribution in [2.24, 2.45) is 5.10 Å². The number of nitrogens with one attached hydrogen (secondary N) is 1. The van der Waals surface area contributed by atoms with Gasteiger partial charge in [0.1, 0.15) is 18.2 Å². The number of rotatable bonds is 6. The Balaban J connectivity index is 1.33. The fourth-order valence-electron chi connectivity index (χ4n) is 2.48. The van der Waals surface area contributed by atoms with Gasteiger partial charge >= 0.3 is 0 Å². The van der Waals surface area contributed by atoms with Crippen molar-refractivity contribution in [2.45, 2.75) is 6.61 Å². The summed E-state index contributed by atoms with van der Waals surface area (Å²) in [6.07, 6.45) is 1.73. The van der Waals surface area contributed by atoms with Gasteiger partial charge in [-0.2, -0.15) is 5.10 Å². The molecule has 4 aromatic rings. The molecular formula is C21H16FN3OS. The highest BCUT2D eigenvalue weighted by Gasteiger charge is 2.01. The zero-order chi connectivity index (χ0) is 18.5. The van der Waals surface area contributed by atoms with Gasteiger partial charge in [-0.15, -0.1) is 0 Å². The van der Waals surface area contributed by atoms with E-state index in [1.807, 2.05) is 48.5 Å². The molecule has 0 aliphatic rings. The Morgan fingerprint density at radius 3 is 2.56 bits per heavy atom. The molecule has 0 atom stereocenters. The Morgan fingerprint density at radius 2 is 1.78 bits per heavy atom. The van der Waals surface area contributed by atoms with Crippen LogP contribution in [-0.2, 0) is 6.61 Å². The first kappa shape index (κ1) is 17.2. The summed E-state index contributed by atoms with van der Waals surface area (Å²) in [5.74, 6) is 0.498. The average molecular weight is 377 g/mol. The molecule has 27 heavy (non-hydrogen) atoms. The lowest BCUT2D eigenvalue weighted by Gasteiger charge is -2.06. The molecular weight excluding hydrogens is 361 g/mol. The minimum Gasteiger partial charge on any atom is -0.489 e. The molecule has 0 saturated carbocycles. The molecule has 0 amide bonds. The van der Waals surface area contributed by atoms with E-state index >= 15 is 0 Å². The van der Waals surface area contributed by atoms with Crippen LogP contribution < -0.4 is 10.2 Å². The fraction of sp³-hybridized carbons (Fsp3) is 0.0476. The smallest absolute Gasteiger partial charge is 0.204 e. The molecule has 0 unspecified atom stereocenters. The summed E-state index contributed by atoms with van der Waals surface area (Å²) in [5, 5.41) is 4.99. The molecule has 0 radical (unpaired) electrons. The van der Waals surface area contributed by atoms with Gasteiger partial charge in [0, 0.05) is 0 Å². The van der Waals surface area contributed by atoms with Crippen molar-refractivity contribution in [3.8, 4) is 5.75 Å². The van der Waals surface area contributed by atoms with E-state index in [0.717, 1.165) is 32.2 Å². The van der Waals surface area contributed by atoms with Gasteiger partial charge in [0.05, 0.1) is 16.4 Å². The van der Waals surface area contributed by atoms with E-state index in [1.54, 1.807) is 29.7 Å². The van der Waals surface area contributed by atoms with Crippen LogP contribution in [0.25, 0.3) is 10.2 Å². The lowest BCUT2D eigenvalue weighted by molar-refractivity contribution is 0.306. The van der Waals surface area contributed by atoms with E-state index in [9.17, 15) is 4.39 Å². The SMILES string of the molecule is Fc1ccc(COc2ccc(C=NNc3nc4ccccc4s3)cc2)cc1. The second kappa shape index (κ2) is 7.97. The standard InChI is InChI=1S/C21H16FN3OS/c22-17-9-5-16(6-10-17)14-26-18-11-7-15(8-12-18)13-23-25-21-24-19-3-1-2-4-20(19)27-21/h1-13H,14H2,(H,24,25). The normalized spacial score (nSPS) is 11.1. The Morgan fingerprint density at radius 1 is 1.00 bits per heavy atom. The van der Waals surface area contributed by atoms with Gasteiger partial charge in [-0.25, -0.2) is 9.37 Å². The summed E-state index contributed by atoms with van der Waals surface area (Å²) in [4.78, 5) is 4.47. The van der Waals surface area contributed by atoms with E-state index in [1.165, 1.54) is 12.1 Å². The third-order valence-electron chi connectivity index (χ3n) is 3.87. The van der Waals surface area contributed by atoms with Crippen LogP contribution in [0.4, 0.5) is 9.52 Å². The van der Waals surface area contributed by atoms with Crippen molar-refractivity contribution in [1.82, 2.24) is 4.98 Å². The highest BCUT2D eigenvalue weighted by atomic mass is 32.1. The maximum absolute atomic E-state index is 12.9. The minimum absolute atomic E-state index is 0.248. The van der Waals surface area contributed by atoms with Crippen LogP contribution in [0, 0.1) is 5.82 Å². The number of aromatic nitrogens is 1. The van der Waals surface area contributed by atoms with Gasteiger partial charge in [0.2, 0.25) is 5.13 Å². The molecule has 1 N–H and O–H groups in total. The summed E-state index contributed by atoms with van der Waals surface area (Å²) in [6, 6.07) is 21.8. The lowest BCUT2D eigenvalue weighted by atomic mass is 10.2.